The Kier molecular flexibility index (Phi) is 7.92. The van der Waals surface area contributed by atoms with Gasteiger partial charge in [-0.3, -0.25) is 14.7 Å². The van der Waals surface area contributed by atoms with Gasteiger partial charge < -0.3 is 14.2 Å². The molecule has 35 heavy (non-hydrogen) atoms. The number of nitrogens with one attached hydrogen (secondary N) is 1. The topological polar surface area (TPSA) is 149 Å². The summed E-state index contributed by atoms with van der Waals surface area (Å²) in [5, 5.41) is 2.33. The van der Waals surface area contributed by atoms with Gasteiger partial charge in [0.1, 0.15) is 36.6 Å². The molecule has 0 aliphatic carbocycles. The van der Waals surface area contributed by atoms with Crippen LogP contribution in [0.4, 0.5) is 19.7 Å². The van der Waals surface area contributed by atoms with Crippen molar-refractivity contribution in [1.29, 1.82) is 0 Å². The molecule has 2 aromatic carbocycles. The van der Waals surface area contributed by atoms with Gasteiger partial charge in [0, 0.05) is 5.69 Å². The molecule has 1 aliphatic rings. The molecule has 0 spiro atoms. The first kappa shape index (κ1) is 25.9. The van der Waals surface area contributed by atoms with Gasteiger partial charge in [-0.15, -0.1) is 0 Å². The van der Waals surface area contributed by atoms with Crippen LogP contribution >= 0.6 is 0 Å². The number of β-lactam (4-membered cyclic amide) rings is 1. The van der Waals surface area contributed by atoms with E-state index in [1.165, 1.54) is 26.0 Å². The van der Waals surface area contributed by atoms with E-state index in [9.17, 15) is 31.7 Å². The van der Waals surface area contributed by atoms with Crippen LogP contribution in [0.15, 0.2) is 54.6 Å². The van der Waals surface area contributed by atoms with Crippen LogP contribution in [-0.4, -0.2) is 53.7 Å². The largest absolute Gasteiger partial charge is 0.508 e. The second-order valence-corrected chi connectivity index (χ2v) is 9.01. The summed E-state index contributed by atoms with van der Waals surface area (Å²) >= 11 is 0. The molecule has 11 nitrogen and oxygen atoms in total. The van der Waals surface area contributed by atoms with Gasteiger partial charge in [0.2, 0.25) is 5.91 Å². The standard InChI is InChI=1S/C22H23FN2O9S/c1-13(34-22(28)32-12-15-6-4-3-5-7-15)18-19(25(20(18)26)35(29,30)31)14(2)33-21(27)24-17-10-8-16(23)9-11-17/h3-11,13-14,18-19H,12H2,1-2H3,(H,24,27)(H,29,30,31)/t13-,14+,18-,19-/m1/s1. The summed E-state index contributed by atoms with van der Waals surface area (Å²) in [4.78, 5) is 36.8. The average Bonchev–Trinajstić information content (AvgIpc) is 2.77. The normalized spacial score (nSPS) is 19.2. The van der Waals surface area contributed by atoms with Crippen LogP contribution in [-0.2, 0) is 35.9 Å². The Bertz CT molecular complexity index is 1180. The number of benzene rings is 2. The molecule has 0 aromatic heterocycles. The number of carbonyl (C=O) groups is 3. The maximum absolute atomic E-state index is 13.0. The molecule has 1 saturated heterocycles. The highest BCUT2D eigenvalue weighted by Crippen LogP contribution is 2.36. The monoisotopic (exact) mass is 510 g/mol. The van der Waals surface area contributed by atoms with Crippen LogP contribution in [0.3, 0.4) is 0 Å². The Hall–Kier alpha value is -3.71. The van der Waals surface area contributed by atoms with Crippen LogP contribution in [0.5, 0.6) is 0 Å². The first-order valence-electron chi connectivity index (χ1n) is 10.4. The highest BCUT2D eigenvalue weighted by atomic mass is 32.2. The van der Waals surface area contributed by atoms with E-state index in [-0.39, 0.29) is 16.6 Å². The lowest BCUT2D eigenvalue weighted by atomic mass is 9.83. The number of anilines is 1. The smallest absolute Gasteiger partial charge is 0.444 e. The number of hydrogen-bond donors (Lipinski definition) is 2. The molecule has 1 aliphatic heterocycles. The van der Waals surface area contributed by atoms with Gasteiger partial charge in [0.25, 0.3) is 0 Å². The first-order chi connectivity index (χ1) is 16.5. The Morgan fingerprint density at radius 2 is 1.69 bits per heavy atom. The lowest BCUT2D eigenvalue weighted by Gasteiger charge is -2.47. The van der Waals surface area contributed by atoms with Crippen molar-refractivity contribution >= 4 is 34.1 Å². The summed E-state index contributed by atoms with van der Waals surface area (Å²) in [6.07, 6.45) is -4.55. The van der Waals surface area contributed by atoms with Crippen molar-refractivity contribution in [3.8, 4) is 0 Å². The third-order valence-corrected chi connectivity index (χ3v) is 6.16. The Balaban J connectivity index is 1.65. The van der Waals surface area contributed by atoms with Crippen molar-refractivity contribution in [3.63, 3.8) is 0 Å². The summed E-state index contributed by atoms with van der Waals surface area (Å²) in [6.45, 7) is 2.55. The van der Waals surface area contributed by atoms with Crippen molar-refractivity contribution in [3.05, 3.63) is 66.0 Å². The number of halogens is 1. The lowest BCUT2D eigenvalue weighted by molar-refractivity contribution is -0.161. The van der Waals surface area contributed by atoms with E-state index in [4.69, 9.17) is 14.2 Å². The summed E-state index contributed by atoms with van der Waals surface area (Å²) in [5.41, 5.74) is 0.899. The summed E-state index contributed by atoms with van der Waals surface area (Å²) in [5.74, 6) is -2.82. The molecule has 1 heterocycles. The van der Waals surface area contributed by atoms with Crippen LogP contribution in [0.1, 0.15) is 19.4 Å². The van der Waals surface area contributed by atoms with Gasteiger partial charge in [-0.25, -0.2) is 18.3 Å². The predicted molar refractivity (Wildman–Crippen MR) is 119 cm³/mol. The molecule has 2 N–H and O–H groups in total. The fraction of sp³-hybridized carbons (Fsp3) is 0.318. The molecule has 3 rings (SSSR count). The quantitative estimate of drug-likeness (QED) is 0.310. The Morgan fingerprint density at radius 1 is 1.06 bits per heavy atom. The predicted octanol–water partition coefficient (Wildman–Crippen LogP) is 3.13. The van der Waals surface area contributed by atoms with Crippen molar-refractivity contribution < 1.29 is 46.0 Å². The SMILES string of the molecule is C[C@H](OC(=O)Nc1ccc(F)cc1)[C@@H]1[C@@H]([C@@H](C)OC(=O)OCc2ccccc2)C(=O)N1S(=O)(=O)O. The molecule has 0 saturated carbocycles. The van der Waals surface area contributed by atoms with Crippen LogP contribution in [0.25, 0.3) is 0 Å². The molecule has 0 radical (unpaired) electrons. The number of rotatable bonds is 8. The van der Waals surface area contributed by atoms with Gasteiger partial charge in [-0.2, -0.15) is 8.42 Å². The highest BCUT2D eigenvalue weighted by Gasteiger charge is 2.59. The Labute approximate surface area is 200 Å². The molecular formula is C22H23FN2O9S. The molecular weight excluding hydrogens is 487 g/mol. The van der Waals surface area contributed by atoms with E-state index in [1.807, 2.05) is 0 Å². The van der Waals surface area contributed by atoms with E-state index in [2.05, 4.69) is 5.32 Å². The molecule has 188 valence electrons. The molecule has 2 amide bonds. The van der Waals surface area contributed by atoms with E-state index < -0.39 is 58.4 Å². The van der Waals surface area contributed by atoms with Gasteiger partial charge in [-0.1, -0.05) is 30.3 Å². The molecule has 4 atom stereocenters. The lowest BCUT2D eigenvalue weighted by Crippen LogP contribution is -2.70. The van der Waals surface area contributed by atoms with Crippen molar-refractivity contribution in [2.75, 3.05) is 5.32 Å². The summed E-state index contributed by atoms with van der Waals surface area (Å²) in [6, 6.07) is 12.1. The number of amides is 2. The van der Waals surface area contributed by atoms with Crippen LogP contribution in [0, 0.1) is 11.7 Å². The fourth-order valence-electron chi connectivity index (χ4n) is 3.63. The zero-order valence-electron chi connectivity index (χ0n) is 18.7. The van der Waals surface area contributed by atoms with Gasteiger partial charge in [0.05, 0.1) is 0 Å². The maximum Gasteiger partial charge on any atom is 0.508 e. The number of ether oxygens (including phenoxy) is 3. The third kappa shape index (κ3) is 6.45. The van der Waals surface area contributed by atoms with Crippen molar-refractivity contribution in [1.82, 2.24) is 4.31 Å². The van der Waals surface area contributed by atoms with Gasteiger partial charge >= 0.3 is 22.6 Å². The molecule has 0 unspecified atom stereocenters. The van der Waals surface area contributed by atoms with Crippen LogP contribution in [0.2, 0.25) is 0 Å². The maximum atomic E-state index is 13.0. The first-order valence-corrected chi connectivity index (χ1v) is 11.8. The summed E-state index contributed by atoms with van der Waals surface area (Å²) in [7, 11) is -4.99. The van der Waals surface area contributed by atoms with Gasteiger partial charge in [-0.05, 0) is 43.7 Å². The van der Waals surface area contributed by atoms with E-state index in [1.54, 1.807) is 30.3 Å². The molecule has 1 fully saturated rings. The van der Waals surface area contributed by atoms with Crippen LogP contribution < -0.4 is 5.32 Å². The average molecular weight is 510 g/mol. The van der Waals surface area contributed by atoms with E-state index >= 15 is 0 Å². The zero-order chi connectivity index (χ0) is 25.8. The minimum Gasteiger partial charge on any atom is -0.444 e. The minimum atomic E-state index is -4.99. The van der Waals surface area contributed by atoms with Crippen molar-refractivity contribution in [2.45, 2.75) is 38.7 Å². The van der Waals surface area contributed by atoms with E-state index in [0.29, 0.717) is 5.56 Å². The summed E-state index contributed by atoms with van der Waals surface area (Å²) < 4.78 is 61.4. The second-order valence-electron chi connectivity index (χ2n) is 7.72. The molecule has 2 aromatic rings. The minimum absolute atomic E-state index is 0.0886. The van der Waals surface area contributed by atoms with Gasteiger partial charge in [0.15, 0.2) is 0 Å². The van der Waals surface area contributed by atoms with E-state index in [0.717, 1.165) is 12.1 Å². The number of hydrogen-bond acceptors (Lipinski definition) is 8. The molecule has 13 heteroatoms. The third-order valence-electron chi connectivity index (χ3n) is 5.24. The number of carbonyl (C=O) groups excluding carboxylic acids is 3. The second kappa shape index (κ2) is 10.7. The highest BCUT2D eigenvalue weighted by molar-refractivity contribution is 7.84. The Morgan fingerprint density at radius 3 is 2.29 bits per heavy atom. The zero-order valence-corrected chi connectivity index (χ0v) is 19.5. The van der Waals surface area contributed by atoms with Crippen molar-refractivity contribution in [2.24, 2.45) is 5.92 Å². The molecule has 0 bridgehead atoms. The fourth-order valence-corrected chi connectivity index (χ4v) is 4.59. The number of nitrogens with zero attached hydrogens (tertiary/aromatic N) is 1.